The third-order valence-electron chi connectivity index (χ3n) is 25.0. The summed E-state index contributed by atoms with van der Waals surface area (Å²) < 4.78 is 32.5. The van der Waals surface area contributed by atoms with Crippen molar-refractivity contribution >= 4 is 88.5 Å². The second kappa shape index (κ2) is 33.6. The van der Waals surface area contributed by atoms with Gasteiger partial charge < -0.3 is 18.9 Å². The molecule has 0 aliphatic heterocycles. The van der Waals surface area contributed by atoms with Gasteiger partial charge in [0.2, 0.25) is 0 Å². The first-order chi connectivity index (χ1) is 62.3. The molecule has 0 bridgehead atoms. The summed E-state index contributed by atoms with van der Waals surface area (Å²) in [5.74, 6) is -0.493. The van der Waals surface area contributed by atoms with Crippen LogP contribution in [0.4, 0.5) is 42.9 Å². The van der Waals surface area contributed by atoms with E-state index in [1.165, 1.54) is 79.5 Å². The van der Waals surface area contributed by atoms with Crippen molar-refractivity contribution in [2.45, 2.75) is 10.8 Å². The van der Waals surface area contributed by atoms with Gasteiger partial charge in [-0.15, -0.1) is 0 Å². The lowest BCUT2D eigenvalue weighted by molar-refractivity contribution is 0.627. The van der Waals surface area contributed by atoms with Crippen LogP contribution in [-0.2, 0) is 10.8 Å². The van der Waals surface area contributed by atoms with Crippen molar-refractivity contribution in [3.8, 4) is 44.8 Å². The number of fused-ring (bicyclic) bond motifs is 7. The molecule has 22 aromatic rings. The van der Waals surface area contributed by atoms with E-state index in [2.05, 4.69) is 480 Å². The highest BCUT2D eigenvalue weighted by Crippen LogP contribution is 2.51. The van der Waals surface area contributed by atoms with Crippen LogP contribution in [0, 0.1) is 11.6 Å². The van der Waals surface area contributed by atoms with Crippen LogP contribution in [0.25, 0.3) is 99.1 Å². The van der Waals surface area contributed by atoms with Crippen LogP contribution < -0.4 is 9.80 Å². The van der Waals surface area contributed by atoms with E-state index in [0.717, 1.165) is 122 Å². The van der Waals surface area contributed by atoms with Gasteiger partial charge in [-0.2, -0.15) is 0 Å². The van der Waals surface area contributed by atoms with E-state index in [0.29, 0.717) is 0 Å². The van der Waals surface area contributed by atoms with Crippen molar-refractivity contribution in [2.75, 3.05) is 9.80 Å². The lowest BCUT2D eigenvalue weighted by Crippen LogP contribution is -2.31. The average Bonchev–Trinajstić information content (AvgIpc) is 1.24. The molecule has 0 radical (unpaired) electrons. The SMILES string of the molecule is Fc1ccc(-n2c3ccccc3c3cc(-c4cccc(N(c5ccc(C(c6ccccc6)(c6ccccc6)c6ccccc6)cc5)c5ccc6ccccc6c5)c4)ccc32)cc1.Fc1ccc(-n2c3ccccc3c3cc(-c4cccc(N(c5ccc(C(c6ccccc6)(c6ccccc6)c6ccccc6)cc5)c5ccccc5-c5ccccc5)c4)ccc32)cc1. The summed E-state index contributed by atoms with van der Waals surface area (Å²) >= 11 is 0. The Kier molecular flexibility index (Phi) is 20.6. The second-order valence-corrected chi connectivity index (χ2v) is 32.1. The molecule has 598 valence electrons. The van der Waals surface area contributed by atoms with Crippen LogP contribution in [0.15, 0.2) is 510 Å². The lowest BCUT2D eigenvalue weighted by Gasteiger charge is -2.37. The van der Waals surface area contributed by atoms with E-state index >= 15 is 0 Å². The molecule has 126 heavy (non-hydrogen) atoms. The fraction of sp³-hybridized carbons (Fsp3) is 0.0167. The van der Waals surface area contributed by atoms with Crippen LogP contribution >= 0.6 is 0 Å². The van der Waals surface area contributed by atoms with Gasteiger partial charge in [0, 0.05) is 66.9 Å². The molecule has 2 aromatic heterocycles. The Morgan fingerprint density at radius 2 is 0.492 bits per heavy atom. The van der Waals surface area contributed by atoms with Gasteiger partial charge >= 0.3 is 0 Å². The van der Waals surface area contributed by atoms with Gasteiger partial charge in [-0.05, 0) is 235 Å². The highest BCUT2D eigenvalue weighted by Gasteiger charge is 2.40. The largest absolute Gasteiger partial charge is 0.310 e. The zero-order valence-electron chi connectivity index (χ0n) is 69.0. The molecule has 0 unspecified atom stereocenters. The van der Waals surface area contributed by atoms with Gasteiger partial charge in [-0.25, -0.2) is 8.78 Å². The van der Waals surface area contributed by atoms with Crippen molar-refractivity contribution in [3.63, 3.8) is 0 Å². The molecule has 22 rings (SSSR count). The van der Waals surface area contributed by atoms with Gasteiger partial charge in [0.15, 0.2) is 0 Å². The minimum Gasteiger partial charge on any atom is -0.310 e. The first-order valence-corrected chi connectivity index (χ1v) is 42.9. The molecule has 2 heterocycles. The molecule has 0 aliphatic carbocycles. The predicted molar refractivity (Wildman–Crippen MR) is 521 cm³/mol. The van der Waals surface area contributed by atoms with Crippen LogP contribution in [0.1, 0.15) is 44.5 Å². The Hall–Kier alpha value is -16.3. The Morgan fingerprint density at radius 3 is 0.921 bits per heavy atom. The maximum Gasteiger partial charge on any atom is 0.123 e. The number of hydrogen-bond donors (Lipinski definition) is 0. The maximum atomic E-state index is 14.1. The molecular weight excluding hydrogens is 1540 g/mol. The molecule has 0 aliphatic rings. The number of para-hydroxylation sites is 3. The minimum absolute atomic E-state index is 0.245. The highest BCUT2D eigenvalue weighted by molar-refractivity contribution is 6.12. The number of halogens is 2. The standard InChI is InChI=1S/C61H43FN2.C59H41FN2/c62-51-35-39-53(40-36-51)64-59-31-16-14-29-56(59)57-43-46(32-41-60(57)64)45-20-17-27-54(42-45)63(58-30-15-13-28-55(58)44-18-5-1-6-19-44)52-37-33-50(34-38-52)61(47-21-7-2-8-22-47,48-23-9-3-10-24-48)49-25-11-4-12-26-49;60-50-31-36-52(37-32-50)62-57-26-13-12-25-55(57)56-41-45(28-38-58(56)62)44-17-14-24-53(40-44)61(54-33-27-42-15-10-11-16-43(42)39-54)51-34-29-49(30-35-51)59(46-18-4-1-5-19-46,47-20-6-2-7-21-47)48-22-8-3-9-23-48/h1-43H;1-41H. The normalized spacial score (nSPS) is 11.6. The molecule has 0 atom stereocenters. The molecule has 0 saturated heterocycles. The monoisotopic (exact) mass is 1620 g/mol. The Morgan fingerprint density at radius 1 is 0.183 bits per heavy atom. The number of anilines is 6. The van der Waals surface area contributed by atoms with Crippen molar-refractivity contribution < 1.29 is 8.78 Å². The fourth-order valence-electron chi connectivity index (χ4n) is 19.3. The molecule has 0 spiro atoms. The summed E-state index contributed by atoms with van der Waals surface area (Å²) in [7, 11) is 0. The molecule has 0 saturated carbocycles. The van der Waals surface area contributed by atoms with E-state index in [1.54, 1.807) is 0 Å². The van der Waals surface area contributed by atoms with E-state index < -0.39 is 10.8 Å². The summed E-state index contributed by atoms with van der Waals surface area (Å²) in [4.78, 5) is 4.76. The van der Waals surface area contributed by atoms with Gasteiger partial charge in [-0.1, -0.05) is 358 Å². The number of hydrogen-bond acceptors (Lipinski definition) is 2. The number of rotatable bonds is 19. The van der Waals surface area contributed by atoms with Crippen molar-refractivity contribution in [3.05, 3.63) is 566 Å². The summed E-state index contributed by atoms with van der Waals surface area (Å²) in [5.41, 5.74) is 27.8. The summed E-state index contributed by atoms with van der Waals surface area (Å²) in [6, 6.07) is 180. The lowest BCUT2D eigenvalue weighted by atomic mass is 9.65. The van der Waals surface area contributed by atoms with E-state index in [-0.39, 0.29) is 11.6 Å². The van der Waals surface area contributed by atoms with Crippen molar-refractivity contribution in [2.24, 2.45) is 0 Å². The first-order valence-electron chi connectivity index (χ1n) is 42.9. The molecule has 0 fully saturated rings. The smallest absolute Gasteiger partial charge is 0.123 e. The highest BCUT2D eigenvalue weighted by atomic mass is 19.1. The molecule has 0 N–H and O–H groups in total. The number of nitrogens with zero attached hydrogens (tertiary/aromatic N) is 4. The topological polar surface area (TPSA) is 16.3 Å². The average molecular weight is 1620 g/mol. The van der Waals surface area contributed by atoms with Gasteiger partial charge in [0.25, 0.3) is 0 Å². The van der Waals surface area contributed by atoms with E-state index in [9.17, 15) is 8.78 Å². The summed E-state index contributed by atoms with van der Waals surface area (Å²) in [6.45, 7) is 0. The Labute approximate surface area is 732 Å². The molecule has 0 amide bonds. The quantitative estimate of drug-likeness (QED) is 0.0750. The zero-order valence-corrected chi connectivity index (χ0v) is 69.0. The van der Waals surface area contributed by atoms with Crippen LogP contribution in [0.3, 0.4) is 0 Å². The first kappa shape index (κ1) is 77.1. The third kappa shape index (κ3) is 14.1. The van der Waals surface area contributed by atoms with Gasteiger partial charge in [-0.3, -0.25) is 0 Å². The predicted octanol–water partition coefficient (Wildman–Crippen LogP) is 31.7. The van der Waals surface area contributed by atoms with Crippen LogP contribution in [0.2, 0.25) is 0 Å². The fourth-order valence-corrected chi connectivity index (χ4v) is 19.3. The van der Waals surface area contributed by atoms with Crippen LogP contribution in [0.5, 0.6) is 0 Å². The van der Waals surface area contributed by atoms with Crippen molar-refractivity contribution in [1.82, 2.24) is 9.13 Å². The second-order valence-electron chi connectivity index (χ2n) is 32.1. The summed E-state index contributed by atoms with van der Waals surface area (Å²) in [6.07, 6.45) is 0. The summed E-state index contributed by atoms with van der Waals surface area (Å²) in [5, 5.41) is 6.97. The molecule has 6 heteroatoms. The molecule has 4 nitrogen and oxygen atoms in total. The zero-order chi connectivity index (χ0) is 84.3. The van der Waals surface area contributed by atoms with Gasteiger partial charge in [0.1, 0.15) is 11.6 Å². The van der Waals surface area contributed by atoms with E-state index in [4.69, 9.17) is 0 Å². The maximum absolute atomic E-state index is 14.1. The minimum atomic E-state index is -0.562. The van der Waals surface area contributed by atoms with Gasteiger partial charge in [0.05, 0.1) is 38.6 Å². The number of aromatic nitrogens is 2. The molecular formula is C120H84F2N4. The third-order valence-corrected chi connectivity index (χ3v) is 25.0. The van der Waals surface area contributed by atoms with Crippen LogP contribution in [-0.4, -0.2) is 9.13 Å². The molecule has 20 aromatic carbocycles. The van der Waals surface area contributed by atoms with Crippen molar-refractivity contribution in [1.29, 1.82) is 0 Å². The number of benzene rings is 20. The Balaban J connectivity index is 0.000000154. The van der Waals surface area contributed by atoms with E-state index in [1.807, 2.05) is 24.3 Å². The Bertz CT molecular complexity index is 7420.